The molecule has 0 atom stereocenters. The molecule has 2 saturated carbocycles. The van der Waals surface area contributed by atoms with Crippen molar-refractivity contribution in [1.29, 1.82) is 0 Å². The lowest BCUT2D eigenvalue weighted by Gasteiger charge is -2.56. The standard InChI is InChI=1S/C39H47FN8O7S/c1-25-2-4-26(5-3-25)21-41-37-34(48(50)51)18-30(23-43-37)56(52,53)45-38(49)31-7-6-27(16-35(31)55-29-17-32-33(40)24-44-36(32)42-22-29)46-10-8-39(9-11-46)19-28(20-39)47-12-14-54-15-13-47/h6-7,16-18,22-26,28H,2-5,8-15,19-21H2,1H3,(H,41,43)(H,42,44)(H,45,49)/t25-,26+. The highest BCUT2D eigenvalue weighted by Crippen LogP contribution is 2.51. The maximum Gasteiger partial charge on any atom is 0.312 e. The summed E-state index contributed by atoms with van der Waals surface area (Å²) in [5, 5.41) is 15.2. The van der Waals surface area contributed by atoms with E-state index >= 15 is 0 Å². The Hall–Kier alpha value is -4.87. The van der Waals surface area contributed by atoms with Crippen LogP contribution >= 0.6 is 0 Å². The van der Waals surface area contributed by atoms with E-state index in [9.17, 15) is 27.7 Å². The first-order chi connectivity index (χ1) is 26.9. The average molecular weight is 791 g/mol. The number of carbonyl (C=O) groups excluding carboxylic acids is 1. The number of hydrogen-bond acceptors (Lipinski definition) is 12. The van der Waals surface area contributed by atoms with E-state index in [2.05, 4.69) is 37.0 Å². The zero-order chi connectivity index (χ0) is 39.0. The zero-order valence-corrected chi connectivity index (χ0v) is 32.2. The van der Waals surface area contributed by atoms with Crippen molar-refractivity contribution >= 4 is 44.2 Å². The molecule has 8 rings (SSSR count). The number of piperidine rings is 1. The van der Waals surface area contributed by atoms with Crippen molar-refractivity contribution in [2.45, 2.75) is 69.2 Å². The van der Waals surface area contributed by atoms with Gasteiger partial charge in [-0.15, -0.1) is 0 Å². The molecule has 3 aromatic heterocycles. The van der Waals surface area contributed by atoms with Gasteiger partial charge in [0.05, 0.1) is 41.5 Å². The van der Waals surface area contributed by atoms with Gasteiger partial charge in [-0.2, -0.15) is 0 Å². The number of nitro groups is 1. The van der Waals surface area contributed by atoms with Crippen LogP contribution in [0.15, 0.2) is 53.8 Å². The van der Waals surface area contributed by atoms with Crippen LogP contribution in [0.25, 0.3) is 11.0 Å². The van der Waals surface area contributed by atoms with E-state index in [0.717, 1.165) is 95.9 Å². The summed E-state index contributed by atoms with van der Waals surface area (Å²) in [5.41, 5.74) is 0.774. The molecule has 15 nitrogen and oxygen atoms in total. The van der Waals surface area contributed by atoms with Crippen LogP contribution in [0.1, 0.15) is 68.6 Å². The Kier molecular flexibility index (Phi) is 10.6. The molecule has 0 radical (unpaired) electrons. The second-order valence-corrected chi connectivity index (χ2v) is 17.6. The number of nitrogens with zero attached hydrogens (tertiary/aromatic N) is 5. The summed E-state index contributed by atoms with van der Waals surface area (Å²) in [4.78, 5) is 40.4. The molecule has 1 amide bonds. The molecule has 0 bridgehead atoms. The third-order valence-corrected chi connectivity index (χ3v) is 13.5. The topological polar surface area (TPSA) is 185 Å². The maximum absolute atomic E-state index is 14.5. The highest BCUT2D eigenvalue weighted by molar-refractivity contribution is 7.90. The van der Waals surface area contributed by atoms with Gasteiger partial charge in [-0.3, -0.25) is 19.8 Å². The number of aromatic amines is 1. The fraction of sp³-hybridized carbons (Fsp3) is 0.513. The van der Waals surface area contributed by atoms with Crippen molar-refractivity contribution < 1.29 is 32.0 Å². The summed E-state index contributed by atoms with van der Waals surface area (Å²) in [6.45, 7) is 7.83. The number of fused-ring (bicyclic) bond motifs is 1. The maximum atomic E-state index is 14.5. The second-order valence-electron chi connectivity index (χ2n) is 15.9. The number of sulfonamides is 1. The van der Waals surface area contributed by atoms with Crippen molar-refractivity contribution in [3.8, 4) is 11.5 Å². The van der Waals surface area contributed by atoms with Crippen molar-refractivity contribution in [3.05, 3.63) is 70.4 Å². The van der Waals surface area contributed by atoms with Gasteiger partial charge < -0.3 is 24.7 Å². The van der Waals surface area contributed by atoms with Gasteiger partial charge in [-0.25, -0.2) is 27.5 Å². The van der Waals surface area contributed by atoms with E-state index in [1.165, 1.54) is 37.4 Å². The fourth-order valence-electron chi connectivity index (χ4n) is 8.77. The smallest absolute Gasteiger partial charge is 0.312 e. The SMILES string of the molecule is C[C@H]1CC[C@@H](CNc2ncc(S(=O)(=O)NC(=O)c3ccc(N4CCC5(CC4)CC(N4CCOCC4)C5)cc3Oc3cnc4[nH]cc(F)c4c3)cc2[N+](=O)[O-])CC1. The van der Waals surface area contributed by atoms with Crippen LogP contribution in [-0.2, 0) is 14.8 Å². The number of ether oxygens (including phenoxy) is 2. The second kappa shape index (κ2) is 15.6. The summed E-state index contributed by atoms with van der Waals surface area (Å²) >= 11 is 0. The number of hydrogen-bond donors (Lipinski definition) is 3. The number of halogens is 1. The number of morpholine rings is 1. The van der Waals surface area contributed by atoms with E-state index in [1.54, 1.807) is 12.1 Å². The van der Waals surface area contributed by atoms with Gasteiger partial charge >= 0.3 is 5.69 Å². The van der Waals surface area contributed by atoms with Crippen LogP contribution in [0.5, 0.6) is 11.5 Å². The van der Waals surface area contributed by atoms with Crippen molar-refractivity contribution in [3.63, 3.8) is 0 Å². The van der Waals surface area contributed by atoms with Crippen LogP contribution < -0.4 is 19.7 Å². The predicted molar refractivity (Wildman–Crippen MR) is 207 cm³/mol. The molecule has 4 aromatic rings. The Morgan fingerprint density at radius 3 is 2.55 bits per heavy atom. The van der Waals surface area contributed by atoms with Gasteiger partial charge in [0.2, 0.25) is 5.82 Å². The number of H-pyrrole nitrogens is 1. The van der Waals surface area contributed by atoms with Crippen LogP contribution in [0.4, 0.5) is 21.6 Å². The number of anilines is 2. The summed E-state index contributed by atoms with van der Waals surface area (Å²) < 4.78 is 55.4. The molecular weight excluding hydrogens is 744 g/mol. The molecule has 2 aliphatic carbocycles. The van der Waals surface area contributed by atoms with Gasteiger partial charge in [0.25, 0.3) is 15.9 Å². The molecule has 2 aliphatic heterocycles. The zero-order valence-electron chi connectivity index (χ0n) is 31.3. The molecule has 3 N–H and O–H groups in total. The molecule has 2 saturated heterocycles. The lowest BCUT2D eigenvalue weighted by molar-refractivity contribution is -0.384. The minimum atomic E-state index is -4.63. The van der Waals surface area contributed by atoms with Crippen molar-refractivity contribution in [2.24, 2.45) is 17.3 Å². The average Bonchev–Trinajstić information content (AvgIpc) is 3.56. The number of rotatable bonds is 11. The third-order valence-electron chi connectivity index (χ3n) is 12.3. The Bertz CT molecular complexity index is 2210. The van der Waals surface area contributed by atoms with Crippen LogP contribution in [0, 0.1) is 33.2 Å². The third kappa shape index (κ3) is 8.02. The number of aromatic nitrogens is 3. The minimum absolute atomic E-state index is 0.0318. The van der Waals surface area contributed by atoms with Crippen LogP contribution in [0.3, 0.4) is 0 Å². The molecule has 5 heterocycles. The van der Waals surface area contributed by atoms with Gasteiger partial charge in [-0.05, 0) is 74.0 Å². The Morgan fingerprint density at radius 1 is 1.07 bits per heavy atom. The molecular formula is C39H47FN8O7S. The summed E-state index contributed by atoms with van der Waals surface area (Å²) in [6.07, 6.45) is 12.1. The molecule has 298 valence electrons. The first kappa shape index (κ1) is 38.0. The van der Waals surface area contributed by atoms with Crippen molar-refractivity contribution in [1.82, 2.24) is 24.6 Å². The van der Waals surface area contributed by atoms with Crippen LogP contribution in [-0.4, -0.2) is 91.1 Å². The van der Waals surface area contributed by atoms with Crippen molar-refractivity contribution in [2.75, 3.05) is 56.2 Å². The van der Waals surface area contributed by atoms with Gasteiger partial charge in [0.15, 0.2) is 0 Å². The Labute approximate surface area is 324 Å². The Balaban J connectivity index is 1.00. The largest absolute Gasteiger partial charge is 0.455 e. The first-order valence-corrected chi connectivity index (χ1v) is 20.9. The minimum Gasteiger partial charge on any atom is -0.455 e. The van der Waals surface area contributed by atoms with E-state index in [-0.39, 0.29) is 28.3 Å². The lowest BCUT2D eigenvalue weighted by Crippen LogP contribution is -2.57. The fourth-order valence-corrected chi connectivity index (χ4v) is 9.70. The number of carbonyl (C=O) groups is 1. The molecule has 4 aliphatic rings. The summed E-state index contributed by atoms with van der Waals surface area (Å²) in [7, 11) is -4.63. The number of nitrogens with one attached hydrogen (secondary N) is 3. The van der Waals surface area contributed by atoms with Gasteiger partial charge in [0, 0.05) is 62.8 Å². The number of amides is 1. The first-order valence-electron chi connectivity index (χ1n) is 19.4. The van der Waals surface area contributed by atoms with Gasteiger partial charge in [0.1, 0.15) is 27.9 Å². The summed E-state index contributed by atoms with van der Waals surface area (Å²) in [6, 6.07) is 7.85. The lowest BCUT2D eigenvalue weighted by atomic mass is 9.60. The molecule has 4 fully saturated rings. The molecule has 17 heteroatoms. The number of benzene rings is 1. The quantitative estimate of drug-likeness (QED) is 0.115. The normalized spacial score (nSPS) is 21.8. The highest BCUT2D eigenvalue weighted by Gasteiger charge is 2.48. The summed E-state index contributed by atoms with van der Waals surface area (Å²) in [5.74, 6) is -0.434. The van der Waals surface area contributed by atoms with E-state index < -0.39 is 37.3 Å². The molecule has 56 heavy (non-hydrogen) atoms. The predicted octanol–water partition coefficient (Wildman–Crippen LogP) is 6.24. The Morgan fingerprint density at radius 2 is 1.82 bits per heavy atom. The molecule has 0 unspecified atom stereocenters. The van der Waals surface area contributed by atoms with E-state index in [4.69, 9.17) is 9.47 Å². The highest BCUT2D eigenvalue weighted by atomic mass is 32.2. The monoisotopic (exact) mass is 790 g/mol. The van der Waals surface area contributed by atoms with E-state index in [1.807, 2.05) is 4.72 Å². The number of pyridine rings is 2. The van der Waals surface area contributed by atoms with E-state index in [0.29, 0.717) is 35.5 Å². The molecule has 1 aromatic carbocycles. The van der Waals surface area contributed by atoms with Gasteiger partial charge in [-0.1, -0.05) is 19.8 Å². The molecule has 1 spiro atoms. The van der Waals surface area contributed by atoms with Crippen LogP contribution in [0.2, 0.25) is 0 Å².